The maximum Gasteiger partial charge on any atom is 0.257 e. The molecule has 22 heavy (non-hydrogen) atoms. The number of fused-ring (bicyclic) bond motifs is 1. The van der Waals surface area contributed by atoms with E-state index in [0.29, 0.717) is 30.8 Å². The third-order valence-electron chi connectivity index (χ3n) is 3.99. The molecule has 0 fully saturated rings. The quantitative estimate of drug-likeness (QED) is 0.921. The Hall–Kier alpha value is -2.56. The van der Waals surface area contributed by atoms with Crippen LogP contribution in [0.2, 0.25) is 0 Å². The van der Waals surface area contributed by atoms with E-state index in [1.165, 1.54) is 0 Å². The molecular weight excluding hydrogens is 280 g/mol. The van der Waals surface area contributed by atoms with Gasteiger partial charge in [-0.1, -0.05) is 11.6 Å². The van der Waals surface area contributed by atoms with Crippen LogP contribution in [-0.2, 0) is 13.0 Å². The number of amides is 1. The Morgan fingerprint density at radius 1 is 1.27 bits per heavy atom. The summed E-state index contributed by atoms with van der Waals surface area (Å²) in [5, 5.41) is 0. The van der Waals surface area contributed by atoms with Crippen molar-refractivity contribution >= 4 is 5.91 Å². The molecule has 0 aliphatic carbocycles. The fourth-order valence-electron chi connectivity index (χ4n) is 2.80. The van der Waals surface area contributed by atoms with Gasteiger partial charge >= 0.3 is 0 Å². The van der Waals surface area contributed by atoms with Gasteiger partial charge in [0.2, 0.25) is 5.56 Å². The predicted molar refractivity (Wildman–Crippen MR) is 83.2 cm³/mol. The van der Waals surface area contributed by atoms with Gasteiger partial charge in [0.25, 0.3) is 5.91 Å². The number of hydrogen-bond donors (Lipinski definition) is 1. The molecular formula is C17H18N2O3. The molecule has 1 amide bonds. The largest absolute Gasteiger partial charge is 0.496 e. The summed E-state index contributed by atoms with van der Waals surface area (Å²) in [6.45, 7) is 3.06. The van der Waals surface area contributed by atoms with Gasteiger partial charge in [0, 0.05) is 25.4 Å². The lowest BCUT2D eigenvalue weighted by molar-refractivity contribution is 0.0731. The SMILES string of the molecule is COc1ccc(C)cc1C(=O)N1CCc2cc(=O)[nH]cc2C1. The van der Waals surface area contributed by atoms with E-state index in [2.05, 4.69) is 4.98 Å². The molecule has 0 spiro atoms. The molecule has 5 heteroatoms. The van der Waals surface area contributed by atoms with Crippen molar-refractivity contribution in [2.75, 3.05) is 13.7 Å². The van der Waals surface area contributed by atoms with E-state index in [0.717, 1.165) is 16.7 Å². The van der Waals surface area contributed by atoms with E-state index in [1.54, 1.807) is 24.3 Å². The van der Waals surface area contributed by atoms with Gasteiger partial charge in [-0.2, -0.15) is 0 Å². The summed E-state index contributed by atoms with van der Waals surface area (Å²) in [4.78, 5) is 28.6. The molecule has 1 aliphatic heterocycles. The maximum absolute atomic E-state index is 12.8. The van der Waals surface area contributed by atoms with E-state index in [-0.39, 0.29) is 11.5 Å². The minimum absolute atomic E-state index is 0.0441. The first-order valence-corrected chi connectivity index (χ1v) is 7.23. The second-order valence-electron chi connectivity index (χ2n) is 5.53. The van der Waals surface area contributed by atoms with Gasteiger partial charge in [-0.15, -0.1) is 0 Å². The van der Waals surface area contributed by atoms with Gasteiger partial charge in [0.1, 0.15) is 5.75 Å². The van der Waals surface area contributed by atoms with Crippen LogP contribution in [0.15, 0.2) is 35.3 Å². The second kappa shape index (κ2) is 5.67. The summed E-state index contributed by atoms with van der Waals surface area (Å²) in [6, 6.07) is 7.21. The lowest BCUT2D eigenvalue weighted by Gasteiger charge is -2.29. The molecule has 1 aromatic heterocycles. The lowest BCUT2D eigenvalue weighted by atomic mass is 10.0. The van der Waals surface area contributed by atoms with Gasteiger partial charge in [-0.3, -0.25) is 9.59 Å². The third kappa shape index (κ3) is 2.62. The van der Waals surface area contributed by atoms with Crippen molar-refractivity contribution < 1.29 is 9.53 Å². The van der Waals surface area contributed by atoms with Crippen LogP contribution in [0.5, 0.6) is 5.75 Å². The number of hydrogen-bond acceptors (Lipinski definition) is 3. The van der Waals surface area contributed by atoms with Gasteiger partial charge in [-0.05, 0) is 36.6 Å². The molecule has 0 saturated carbocycles. The Labute approximate surface area is 128 Å². The molecule has 0 bridgehead atoms. The highest BCUT2D eigenvalue weighted by Gasteiger charge is 2.24. The van der Waals surface area contributed by atoms with Crippen LogP contribution in [0.25, 0.3) is 0 Å². The van der Waals surface area contributed by atoms with Crippen LogP contribution in [0.3, 0.4) is 0 Å². The number of aromatic nitrogens is 1. The van der Waals surface area contributed by atoms with E-state index >= 15 is 0 Å². The van der Waals surface area contributed by atoms with E-state index < -0.39 is 0 Å². The first kappa shape index (κ1) is 14.4. The summed E-state index contributed by atoms with van der Waals surface area (Å²) in [6.07, 6.45) is 2.39. The van der Waals surface area contributed by atoms with Crippen LogP contribution in [0.4, 0.5) is 0 Å². The average Bonchev–Trinajstić information content (AvgIpc) is 2.53. The fraction of sp³-hybridized carbons (Fsp3) is 0.294. The molecule has 2 aromatic rings. The topological polar surface area (TPSA) is 62.4 Å². The summed E-state index contributed by atoms with van der Waals surface area (Å²) in [5.41, 5.74) is 3.51. The zero-order chi connectivity index (χ0) is 15.7. The number of carbonyl (C=O) groups is 1. The highest BCUT2D eigenvalue weighted by atomic mass is 16.5. The Morgan fingerprint density at radius 3 is 2.86 bits per heavy atom. The number of benzene rings is 1. The molecule has 1 aromatic carbocycles. The molecule has 114 valence electrons. The van der Waals surface area contributed by atoms with Crippen LogP contribution in [0.1, 0.15) is 27.0 Å². The number of nitrogens with zero attached hydrogens (tertiary/aromatic N) is 1. The molecule has 1 aliphatic rings. The Kier molecular flexibility index (Phi) is 3.71. The molecule has 1 N–H and O–H groups in total. The van der Waals surface area contributed by atoms with Crippen LogP contribution >= 0.6 is 0 Å². The Morgan fingerprint density at radius 2 is 2.09 bits per heavy atom. The third-order valence-corrected chi connectivity index (χ3v) is 3.99. The van der Waals surface area contributed by atoms with Crippen molar-refractivity contribution in [1.29, 1.82) is 0 Å². The number of methoxy groups -OCH3 is 1. The fourth-order valence-corrected chi connectivity index (χ4v) is 2.80. The van der Waals surface area contributed by atoms with Gasteiger partial charge in [0.05, 0.1) is 12.7 Å². The summed E-state index contributed by atoms with van der Waals surface area (Å²) >= 11 is 0. The highest BCUT2D eigenvalue weighted by Crippen LogP contribution is 2.24. The first-order chi connectivity index (χ1) is 10.6. The number of aryl methyl sites for hydroxylation is 1. The maximum atomic E-state index is 12.8. The van der Waals surface area contributed by atoms with Gasteiger partial charge in [-0.25, -0.2) is 0 Å². The summed E-state index contributed by atoms with van der Waals surface area (Å²) in [5.74, 6) is 0.542. The number of rotatable bonds is 2. The monoisotopic (exact) mass is 298 g/mol. The average molecular weight is 298 g/mol. The van der Waals surface area contributed by atoms with Crippen molar-refractivity contribution in [3.05, 3.63) is 63.1 Å². The number of carbonyl (C=O) groups excluding carboxylic acids is 1. The van der Waals surface area contributed by atoms with Gasteiger partial charge < -0.3 is 14.6 Å². The number of nitrogens with one attached hydrogen (secondary N) is 1. The smallest absolute Gasteiger partial charge is 0.257 e. The van der Waals surface area contributed by atoms with Crippen molar-refractivity contribution in [2.45, 2.75) is 19.9 Å². The molecule has 0 unspecified atom stereocenters. The lowest BCUT2D eigenvalue weighted by Crippen LogP contribution is -2.36. The zero-order valence-corrected chi connectivity index (χ0v) is 12.7. The normalized spacial score (nSPS) is 13.6. The number of aromatic amines is 1. The minimum atomic E-state index is -0.0983. The van der Waals surface area contributed by atoms with Crippen LogP contribution in [0, 0.1) is 6.92 Å². The molecule has 0 saturated heterocycles. The minimum Gasteiger partial charge on any atom is -0.496 e. The van der Waals surface area contributed by atoms with Crippen LogP contribution in [-0.4, -0.2) is 29.4 Å². The number of H-pyrrole nitrogens is 1. The number of ether oxygens (including phenoxy) is 1. The Bertz CT molecular complexity index is 780. The van der Waals surface area contributed by atoms with E-state index in [1.807, 2.05) is 25.1 Å². The molecule has 0 atom stereocenters. The molecule has 2 heterocycles. The standard InChI is InChI=1S/C17H18N2O3/c1-11-3-4-15(22-2)14(7-11)17(21)19-6-5-12-8-16(20)18-9-13(12)10-19/h3-4,7-9H,5-6,10H2,1-2H3,(H,18,20). The number of pyridine rings is 1. The Balaban J connectivity index is 1.90. The highest BCUT2D eigenvalue weighted by molar-refractivity contribution is 5.97. The predicted octanol–water partition coefficient (Wildman–Crippen LogP) is 1.89. The van der Waals surface area contributed by atoms with Crippen LogP contribution < -0.4 is 10.3 Å². The summed E-state index contributed by atoms with van der Waals surface area (Å²) in [7, 11) is 1.57. The zero-order valence-electron chi connectivity index (χ0n) is 12.7. The van der Waals surface area contributed by atoms with Gasteiger partial charge in [0.15, 0.2) is 0 Å². The van der Waals surface area contributed by atoms with Crippen molar-refractivity contribution in [3.63, 3.8) is 0 Å². The summed E-state index contributed by atoms with van der Waals surface area (Å²) < 4.78 is 5.30. The van der Waals surface area contributed by atoms with Crippen molar-refractivity contribution in [3.8, 4) is 5.75 Å². The molecule has 0 radical (unpaired) electrons. The van der Waals surface area contributed by atoms with Crippen molar-refractivity contribution in [2.24, 2.45) is 0 Å². The van der Waals surface area contributed by atoms with E-state index in [4.69, 9.17) is 4.74 Å². The first-order valence-electron chi connectivity index (χ1n) is 7.23. The van der Waals surface area contributed by atoms with Crippen molar-refractivity contribution in [1.82, 2.24) is 9.88 Å². The molecule has 5 nitrogen and oxygen atoms in total. The molecule has 3 rings (SSSR count). The second-order valence-corrected chi connectivity index (χ2v) is 5.53. The van der Waals surface area contributed by atoms with E-state index in [9.17, 15) is 9.59 Å².